The Morgan fingerprint density at radius 1 is 1.43 bits per heavy atom. The summed E-state index contributed by atoms with van der Waals surface area (Å²) in [6.45, 7) is 7.00. The lowest BCUT2D eigenvalue weighted by Gasteiger charge is -2.20. The van der Waals surface area contributed by atoms with Crippen molar-refractivity contribution in [3.63, 3.8) is 0 Å². The van der Waals surface area contributed by atoms with E-state index in [-0.39, 0.29) is 12.1 Å². The van der Waals surface area contributed by atoms with E-state index in [1.807, 2.05) is 26.8 Å². The second-order valence-corrected chi connectivity index (χ2v) is 6.90. The van der Waals surface area contributed by atoms with Crippen molar-refractivity contribution in [2.24, 2.45) is 0 Å². The molecule has 1 heterocycles. The topological polar surface area (TPSA) is 39.7 Å². The van der Waals surface area contributed by atoms with E-state index in [9.17, 15) is 8.78 Å². The zero-order chi connectivity index (χ0) is 17.0. The van der Waals surface area contributed by atoms with Crippen LogP contribution in [-0.4, -0.2) is 37.9 Å². The fourth-order valence-electron chi connectivity index (χ4n) is 2.44. The third kappa shape index (κ3) is 5.31. The molecule has 1 aliphatic heterocycles. The number of methoxy groups -OCH3 is 1. The number of alkyl halides is 2. The van der Waals surface area contributed by atoms with Crippen molar-refractivity contribution in [3.05, 3.63) is 23.8 Å². The van der Waals surface area contributed by atoms with Crippen LogP contribution in [0.2, 0.25) is 0 Å². The van der Waals surface area contributed by atoms with Crippen molar-refractivity contribution in [2.45, 2.75) is 49.4 Å². The molecule has 1 fully saturated rings. The summed E-state index contributed by atoms with van der Waals surface area (Å²) < 4.78 is 41.5. The van der Waals surface area contributed by atoms with Crippen LogP contribution in [0.4, 0.5) is 8.78 Å². The number of hydrogen-bond donors (Lipinski definition) is 1. The van der Waals surface area contributed by atoms with Crippen LogP contribution in [0.1, 0.15) is 32.4 Å². The van der Waals surface area contributed by atoms with Crippen molar-refractivity contribution in [2.75, 3.05) is 20.3 Å². The van der Waals surface area contributed by atoms with Crippen LogP contribution >= 0.6 is 11.8 Å². The second-order valence-electron chi connectivity index (χ2n) is 5.87. The summed E-state index contributed by atoms with van der Waals surface area (Å²) in [6, 6.07) is 5.34. The highest BCUT2D eigenvalue weighted by atomic mass is 32.2. The van der Waals surface area contributed by atoms with Gasteiger partial charge in [-0.3, -0.25) is 0 Å². The fourth-order valence-corrected chi connectivity index (χ4v) is 3.03. The molecule has 4 nitrogen and oxygen atoms in total. The van der Waals surface area contributed by atoms with Crippen molar-refractivity contribution in [1.82, 2.24) is 5.32 Å². The predicted octanol–water partition coefficient (Wildman–Crippen LogP) is 3.81. The summed E-state index contributed by atoms with van der Waals surface area (Å²) in [6.07, 6.45) is 0.00279. The van der Waals surface area contributed by atoms with Crippen LogP contribution in [-0.2, 0) is 9.47 Å². The molecule has 1 saturated heterocycles. The Labute approximate surface area is 139 Å². The van der Waals surface area contributed by atoms with Gasteiger partial charge in [0, 0.05) is 12.6 Å². The smallest absolute Gasteiger partial charge is 0.289 e. The molecule has 7 heteroatoms. The highest BCUT2D eigenvalue weighted by Crippen LogP contribution is 2.35. The van der Waals surface area contributed by atoms with Crippen LogP contribution in [0.3, 0.4) is 0 Å². The minimum Gasteiger partial charge on any atom is -0.496 e. The van der Waals surface area contributed by atoms with E-state index in [0.29, 0.717) is 35.6 Å². The largest absolute Gasteiger partial charge is 0.496 e. The van der Waals surface area contributed by atoms with Gasteiger partial charge in [0.25, 0.3) is 5.76 Å². The second kappa shape index (κ2) is 7.79. The summed E-state index contributed by atoms with van der Waals surface area (Å²) in [4.78, 5) is 0.438. The van der Waals surface area contributed by atoms with Gasteiger partial charge in [0.2, 0.25) is 0 Å². The first-order chi connectivity index (χ1) is 10.8. The Bertz CT molecular complexity index is 528. The first-order valence-corrected chi connectivity index (χ1v) is 8.36. The number of ether oxygens (including phenoxy) is 3. The van der Waals surface area contributed by atoms with Gasteiger partial charge in [-0.2, -0.15) is 8.78 Å². The normalized spacial score (nSPS) is 21.6. The zero-order valence-corrected chi connectivity index (χ0v) is 14.6. The van der Waals surface area contributed by atoms with Gasteiger partial charge >= 0.3 is 0 Å². The number of benzene rings is 1. The van der Waals surface area contributed by atoms with Crippen molar-refractivity contribution < 1.29 is 23.0 Å². The zero-order valence-electron chi connectivity index (χ0n) is 13.8. The number of thioether (sulfide) groups is 1. The Hall–Kier alpha value is -0.890. The molecule has 0 unspecified atom stereocenters. The van der Waals surface area contributed by atoms with Crippen molar-refractivity contribution in [3.8, 4) is 5.75 Å². The SMILES string of the molecule is COc1cc([C@@H](C)NC[C@H]2COC(C)(C)O2)ccc1SC(F)F. The molecule has 1 N–H and O–H groups in total. The molecule has 1 aromatic rings. The molecule has 23 heavy (non-hydrogen) atoms. The minimum absolute atomic E-state index is 0.00279. The maximum Gasteiger partial charge on any atom is 0.289 e. The first-order valence-electron chi connectivity index (χ1n) is 7.48. The molecule has 0 saturated carbocycles. The molecule has 0 amide bonds. The maximum absolute atomic E-state index is 12.5. The Morgan fingerprint density at radius 2 is 2.17 bits per heavy atom. The number of nitrogens with one attached hydrogen (secondary N) is 1. The Morgan fingerprint density at radius 3 is 2.74 bits per heavy atom. The molecule has 0 bridgehead atoms. The third-order valence-corrected chi connectivity index (χ3v) is 4.39. The molecule has 0 spiro atoms. The molecular formula is C16H23F2NO3S. The van der Waals surface area contributed by atoms with Gasteiger partial charge < -0.3 is 19.5 Å². The molecule has 2 atom stereocenters. The van der Waals surface area contributed by atoms with E-state index in [1.165, 1.54) is 7.11 Å². The summed E-state index contributed by atoms with van der Waals surface area (Å²) >= 11 is 0.488. The first kappa shape index (κ1) is 18.4. The maximum atomic E-state index is 12.5. The Kier molecular flexibility index (Phi) is 6.25. The van der Waals surface area contributed by atoms with Gasteiger partial charge in [0.15, 0.2) is 5.79 Å². The molecule has 0 aromatic heterocycles. The van der Waals surface area contributed by atoms with E-state index in [4.69, 9.17) is 14.2 Å². The minimum atomic E-state index is -2.46. The monoisotopic (exact) mass is 347 g/mol. The van der Waals surface area contributed by atoms with E-state index < -0.39 is 11.5 Å². The quantitative estimate of drug-likeness (QED) is 0.760. The highest BCUT2D eigenvalue weighted by Gasteiger charge is 2.32. The average molecular weight is 347 g/mol. The standard InChI is InChI=1S/C16H23F2NO3S/c1-10(19-8-12-9-21-16(2,3)22-12)11-5-6-14(23-15(17)18)13(7-11)20-4/h5-7,10,12,15,19H,8-9H2,1-4H3/t10-,12+/m1/s1. The van der Waals surface area contributed by atoms with Gasteiger partial charge in [-0.05, 0) is 38.5 Å². The van der Waals surface area contributed by atoms with E-state index in [2.05, 4.69) is 5.32 Å². The Balaban J connectivity index is 1.95. The summed E-state index contributed by atoms with van der Waals surface area (Å²) in [5, 5.41) is 3.37. The number of rotatable bonds is 7. The highest BCUT2D eigenvalue weighted by molar-refractivity contribution is 7.99. The van der Waals surface area contributed by atoms with Gasteiger partial charge in [0.1, 0.15) is 5.75 Å². The molecule has 2 rings (SSSR count). The fraction of sp³-hybridized carbons (Fsp3) is 0.625. The van der Waals surface area contributed by atoms with Gasteiger partial charge in [0.05, 0.1) is 24.7 Å². The van der Waals surface area contributed by atoms with Crippen LogP contribution in [0, 0.1) is 0 Å². The van der Waals surface area contributed by atoms with Crippen LogP contribution in [0.25, 0.3) is 0 Å². The summed E-state index contributed by atoms with van der Waals surface area (Å²) in [5.41, 5.74) is 0.971. The van der Waals surface area contributed by atoms with E-state index in [1.54, 1.807) is 12.1 Å². The lowest BCUT2D eigenvalue weighted by molar-refractivity contribution is -0.137. The summed E-state index contributed by atoms with van der Waals surface area (Å²) in [7, 11) is 1.48. The van der Waals surface area contributed by atoms with Crippen LogP contribution in [0.5, 0.6) is 5.75 Å². The lowest BCUT2D eigenvalue weighted by Crippen LogP contribution is -2.32. The lowest BCUT2D eigenvalue weighted by atomic mass is 10.1. The predicted molar refractivity (Wildman–Crippen MR) is 86.2 cm³/mol. The van der Waals surface area contributed by atoms with Gasteiger partial charge in [-0.15, -0.1) is 0 Å². The molecular weight excluding hydrogens is 324 g/mol. The van der Waals surface area contributed by atoms with Crippen LogP contribution in [0.15, 0.2) is 23.1 Å². The number of hydrogen-bond acceptors (Lipinski definition) is 5. The van der Waals surface area contributed by atoms with Crippen molar-refractivity contribution >= 4 is 11.8 Å². The third-order valence-electron chi connectivity index (χ3n) is 3.62. The van der Waals surface area contributed by atoms with Crippen LogP contribution < -0.4 is 10.1 Å². The number of halogens is 2. The van der Waals surface area contributed by atoms with Gasteiger partial charge in [-0.1, -0.05) is 17.8 Å². The molecule has 1 aromatic carbocycles. The van der Waals surface area contributed by atoms with Gasteiger partial charge in [-0.25, -0.2) is 0 Å². The molecule has 0 aliphatic carbocycles. The summed E-state index contributed by atoms with van der Waals surface area (Å²) in [5.74, 6) is -2.54. The van der Waals surface area contributed by atoms with Crippen molar-refractivity contribution in [1.29, 1.82) is 0 Å². The van der Waals surface area contributed by atoms with E-state index in [0.717, 1.165) is 5.56 Å². The molecule has 0 radical (unpaired) electrons. The average Bonchev–Trinajstić information content (AvgIpc) is 2.84. The molecule has 130 valence electrons. The molecule has 1 aliphatic rings. The van der Waals surface area contributed by atoms with E-state index >= 15 is 0 Å².